The van der Waals surface area contributed by atoms with E-state index in [2.05, 4.69) is 10.6 Å². The second-order valence-corrected chi connectivity index (χ2v) is 10.1. The van der Waals surface area contributed by atoms with E-state index in [-0.39, 0.29) is 22.8 Å². The summed E-state index contributed by atoms with van der Waals surface area (Å²) in [7, 11) is -3.77. The molecule has 1 heterocycles. The van der Waals surface area contributed by atoms with E-state index in [1.54, 1.807) is 54.6 Å². The number of rotatable bonds is 5. The summed E-state index contributed by atoms with van der Waals surface area (Å²) in [5, 5.41) is 5.95. The normalized spacial score (nSPS) is 15.1. The van der Waals surface area contributed by atoms with Crippen LogP contribution in [0.5, 0.6) is 0 Å². The van der Waals surface area contributed by atoms with E-state index in [1.807, 2.05) is 6.92 Å². The van der Waals surface area contributed by atoms with Gasteiger partial charge in [-0.15, -0.1) is 0 Å². The molecule has 7 nitrogen and oxygen atoms in total. The van der Waals surface area contributed by atoms with Crippen LogP contribution in [0, 0.1) is 0 Å². The summed E-state index contributed by atoms with van der Waals surface area (Å²) in [6.07, 6.45) is 0.487. The van der Waals surface area contributed by atoms with Crippen molar-refractivity contribution in [3.63, 3.8) is 0 Å². The van der Waals surface area contributed by atoms with E-state index >= 15 is 0 Å². The first kappa shape index (κ1) is 22.8. The summed E-state index contributed by atoms with van der Waals surface area (Å²) in [6.45, 7) is 3.24. The Morgan fingerprint density at radius 1 is 0.970 bits per heavy atom. The zero-order valence-electron chi connectivity index (χ0n) is 18.0. The van der Waals surface area contributed by atoms with E-state index < -0.39 is 10.0 Å². The first-order valence-corrected chi connectivity index (χ1v) is 12.1. The van der Waals surface area contributed by atoms with Crippen molar-refractivity contribution in [3.8, 4) is 0 Å². The first-order valence-electron chi connectivity index (χ1n) is 10.3. The number of hydrogen-bond donors (Lipinski definition) is 2. The van der Waals surface area contributed by atoms with Crippen molar-refractivity contribution in [2.45, 2.75) is 31.2 Å². The lowest BCUT2D eigenvalue weighted by Gasteiger charge is -2.24. The third-order valence-corrected chi connectivity index (χ3v) is 7.50. The Morgan fingerprint density at radius 3 is 2.30 bits per heavy atom. The second kappa shape index (κ2) is 8.88. The van der Waals surface area contributed by atoms with Gasteiger partial charge in [-0.1, -0.05) is 17.7 Å². The van der Waals surface area contributed by atoms with E-state index in [4.69, 9.17) is 11.6 Å². The van der Waals surface area contributed by atoms with Gasteiger partial charge in [-0.25, -0.2) is 8.42 Å². The average molecular weight is 484 g/mol. The van der Waals surface area contributed by atoms with Crippen LogP contribution in [0.1, 0.15) is 29.8 Å². The van der Waals surface area contributed by atoms with Gasteiger partial charge in [0, 0.05) is 34.9 Å². The summed E-state index contributed by atoms with van der Waals surface area (Å²) < 4.78 is 27.9. The predicted molar refractivity (Wildman–Crippen MR) is 129 cm³/mol. The van der Waals surface area contributed by atoms with Crippen molar-refractivity contribution in [2.75, 3.05) is 14.9 Å². The fourth-order valence-corrected chi connectivity index (χ4v) is 5.73. The number of nitrogens with zero attached hydrogens (tertiary/aromatic N) is 1. The largest absolute Gasteiger partial charge is 0.326 e. The molecule has 0 unspecified atom stereocenters. The minimum absolute atomic E-state index is 0.160. The molecule has 1 atom stereocenters. The Labute approximate surface area is 197 Å². The van der Waals surface area contributed by atoms with Gasteiger partial charge in [-0.2, -0.15) is 0 Å². The van der Waals surface area contributed by atoms with Crippen LogP contribution in [-0.4, -0.2) is 26.3 Å². The second-order valence-electron chi connectivity index (χ2n) is 7.87. The molecule has 33 heavy (non-hydrogen) atoms. The summed E-state index contributed by atoms with van der Waals surface area (Å²) in [6, 6.07) is 17.6. The van der Waals surface area contributed by atoms with Crippen molar-refractivity contribution >= 4 is 50.5 Å². The summed E-state index contributed by atoms with van der Waals surface area (Å²) in [4.78, 5) is 24.2. The van der Waals surface area contributed by atoms with Crippen LogP contribution in [0.2, 0.25) is 5.02 Å². The maximum Gasteiger partial charge on any atom is 0.264 e. The molecule has 0 spiro atoms. The predicted octanol–water partition coefficient (Wildman–Crippen LogP) is 4.69. The fraction of sp³-hybridized carbons (Fsp3) is 0.167. The van der Waals surface area contributed by atoms with Crippen LogP contribution in [0.3, 0.4) is 0 Å². The third-order valence-electron chi connectivity index (χ3n) is 5.31. The number of anilines is 3. The Kier molecular flexibility index (Phi) is 6.14. The van der Waals surface area contributed by atoms with Gasteiger partial charge in [-0.3, -0.25) is 13.9 Å². The molecule has 3 aromatic carbocycles. The number of nitrogens with one attached hydrogen (secondary N) is 2. The smallest absolute Gasteiger partial charge is 0.264 e. The molecule has 0 saturated carbocycles. The molecule has 0 saturated heterocycles. The minimum atomic E-state index is -3.77. The van der Waals surface area contributed by atoms with Crippen molar-refractivity contribution in [3.05, 3.63) is 82.9 Å². The lowest BCUT2D eigenvalue weighted by molar-refractivity contribution is -0.114. The number of carbonyl (C=O) groups excluding carboxylic acids is 2. The van der Waals surface area contributed by atoms with Gasteiger partial charge in [0.2, 0.25) is 5.91 Å². The van der Waals surface area contributed by atoms with Crippen LogP contribution < -0.4 is 14.9 Å². The highest BCUT2D eigenvalue weighted by Crippen LogP contribution is 2.37. The zero-order valence-corrected chi connectivity index (χ0v) is 19.6. The molecule has 2 amide bonds. The lowest BCUT2D eigenvalue weighted by atomic mass is 10.1. The van der Waals surface area contributed by atoms with E-state index in [9.17, 15) is 18.0 Å². The monoisotopic (exact) mass is 483 g/mol. The van der Waals surface area contributed by atoms with Crippen LogP contribution in [0.25, 0.3) is 0 Å². The SMILES string of the molecule is CC(=O)Nc1cccc(NC(=O)c2ccc3c(c2)C[C@H](C)N3S(=O)(=O)c2ccc(Cl)cc2)c1. The maximum absolute atomic E-state index is 13.3. The van der Waals surface area contributed by atoms with E-state index in [1.165, 1.54) is 23.4 Å². The minimum Gasteiger partial charge on any atom is -0.326 e. The number of amides is 2. The van der Waals surface area contributed by atoms with Crippen molar-refractivity contribution < 1.29 is 18.0 Å². The van der Waals surface area contributed by atoms with E-state index in [0.29, 0.717) is 34.1 Å². The Bertz CT molecular complexity index is 1340. The fourth-order valence-electron chi connectivity index (χ4n) is 3.91. The molecular formula is C24H22ClN3O4S. The van der Waals surface area contributed by atoms with Gasteiger partial charge in [0.1, 0.15) is 0 Å². The van der Waals surface area contributed by atoms with Crippen LogP contribution in [0.15, 0.2) is 71.6 Å². The molecule has 3 aromatic rings. The Balaban J connectivity index is 1.58. The summed E-state index contributed by atoms with van der Waals surface area (Å²) in [5.74, 6) is -0.534. The molecule has 1 aliphatic rings. The first-order chi connectivity index (χ1) is 15.6. The molecule has 0 aliphatic carbocycles. The summed E-state index contributed by atoms with van der Waals surface area (Å²) >= 11 is 5.90. The highest BCUT2D eigenvalue weighted by molar-refractivity contribution is 7.92. The topological polar surface area (TPSA) is 95.6 Å². The quantitative estimate of drug-likeness (QED) is 0.550. The molecule has 1 aliphatic heterocycles. The molecule has 0 aromatic heterocycles. The average Bonchev–Trinajstić information content (AvgIpc) is 3.09. The van der Waals surface area contributed by atoms with Gasteiger partial charge in [0.05, 0.1) is 10.6 Å². The van der Waals surface area contributed by atoms with Gasteiger partial charge >= 0.3 is 0 Å². The number of carbonyl (C=O) groups is 2. The Morgan fingerprint density at radius 2 is 1.64 bits per heavy atom. The van der Waals surface area contributed by atoms with Crippen molar-refractivity contribution in [1.82, 2.24) is 0 Å². The zero-order chi connectivity index (χ0) is 23.8. The maximum atomic E-state index is 13.3. The molecule has 2 N–H and O–H groups in total. The molecule has 0 bridgehead atoms. The molecular weight excluding hydrogens is 462 g/mol. The molecule has 4 rings (SSSR count). The highest BCUT2D eigenvalue weighted by Gasteiger charge is 2.36. The third kappa shape index (κ3) is 4.72. The number of sulfonamides is 1. The van der Waals surface area contributed by atoms with Gasteiger partial charge in [0.25, 0.3) is 15.9 Å². The Hall–Kier alpha value is -3.36. The molecule has 0 radical (unpaired) electrons. The molecule has 170 valence electrons. The van der Waals surface area contributed by atoms with Crippen molar-refractivity contribution in [1.29, 1.82) is 0 Å². The van der Waals surface area contributed by atoms with Crippen LogP contribution in [0.4, 0.5) is 17.1 Å². The highest BCUT2D eigenvalue weighted by atomic mass is 35.5. The lowest BCUT2D eigenvalue weighted by Crippen LogP contribution is -2.35. The number of halogens is 1. The van der Waals surface area contributed by atoms with Crippen LogP contribution >= 0.6 is 11.6 Å². The van der Waals surface area contributed by atoms with Gasteiger partial charge < -0.3 is 10.6 Å². The van der Waals surface area contributed by atoms with Gasteiger partial charge in [0.15, 0.2) is 0 Å². The van der Waals surface area contributed by atoms with E-state index in [0.717, 1.165) is 5.56 Å². The number of fused-ring (bicyclic) bond motifs is 1. The van der Waals surface area contributed by atoms with Crippen molar-refractivity contribution in [2.24, 2.45) is 0 Å². The van der Waals surface area contributed by atoms with Crippen LogP contribution in [-0.2, 0) is 21.2 Å². The summed E-state index contributed by atoms with van der Waals surface area (Å²) in [5.41, 5.74) is 2.86. The molecule has 0 fully saturated rings. The molecule has 9 heteroatoms. The van der Waals surface area contributed by atoms with Gasteiger partial charge in [-0.05, 0) is 79.6 Å². The number of hydrogen-bond acceptors (Lipinski definition) is 4. The number of benzene rings is 3. The standard InChI is InChI=1S/C24H22ClN3O4S/c1-15-12-18-13-17(24(30)27-21-5-3-4-20(14-21)26-16(2)29)6-11-23(18)28(15)33(31,32)22-9-7-19(25)8-10-22/h3-11,13-15H,12H2,1-2H3,(H,26,29)(H,27,30)/t15-/m0/s1.